The fourth-order valence-electron chi connectivity index (χ4n) is 2.52. The van der Waals surface area contributed by atoms with Crippen molar-refractivity contribution in [1.82, 2.24) is 14.5 Å². The number of amides is 1. The molecule has 2 heterocycles. The number of thiophene rings is 1. The first-order valence-corrected chi connectivity index (χ1v) is 11.6. The highest BCUT2D eigenvalue weighted by atomic mass is 32.2. The maximum absolute atomic E-state index is 12.7. The van der Waals surface area contributed by atoms with Crippen LogP contribution < -0.4 is 5.32 Å². The molecule has 8 nitrogen and oxygen atoms in total. The van der Waals surface area contributed by atoms with Crippen LogP contribution in [-0.2, 0) is 19.6 Å². The Balaban J connectivity index is 0.000000553. The molecule has 0 spiro atoms. The van der Waals surface area contributed by atoms with Gasteiger partial charge < -0.3 is 15.3 Å². The third kappa shape index (κ3) is 8.58. The summed E-state index contributed by atoms with van der Waals surface area (Å²) in [6, 6.07) is 3.36. The molecule has 1 aromatic heterocycles. The fraction of sp³-hybridized carbons (Fsp3) is 0.647. The van der Waals surface area contributed by atoms with Crippen molar-refractivity contribution in [2.45, 2.75) is 36.6 Å². The molecule has 1 amide bonds. The van der Waals surface area contributed by atoms with Gasteiger partial charge in [0.25, 0.3) is 10.0 Å². The highest BCUT2D eigenvalue weighted by Crippen LogP contribution is 2.21. The van der Waals surface area contributed by atoms with E-state index in [1.165, 1.54) is 15.6 Å². The molecule has 1 aliphatic rings. The number of hydrogen-bond donors (Lipinski definition) is 2. The topological polar surface area (TPSA) is 107 Å². The summed E-state index contributed by atoms with van der Waals surface area (Å²) in [4.78, 5) is 23.0. The quantitative estimate of drug-likeness (QED) is 0.598. The van der Waals surface area contributed by atoms with Crippen molar-refractivity contribution in [3.63, 3.8) is 0 Å². The predicted octanol–water partition coefficient (Wildman–Crippen LogP) is 1.99. The van der Waals surface area contributed by atoms with E-state index in [1.54, 1.807) is 17.5 Å². The highest BCUT2D eigenvalue weighted by Gasteiger charge is 2.38. The summed E-state index contributed by atoms with van der Waals surface area (Å²) in [5, 5.41) is 12.1. The zero-order valence-corrected chi connectivity index (χ0v) is 18.2. The number of hydrogen-bond acceptors (Lipinski definition) is 6. The number of unbranched alkanes of at least 4 members (excludes halogenated alkanes) is 1. The minimum absolute atomic E-state index is 0.0365. The van der Waals surface area contributed by atoms with Gasteiger partial charge in [-0.3, -0.25) is 4.79 Å². The summed E-state index contributed by atoms with van der Waals surface area (Å²) >= 11 is 1.22. The summed E-state index contributed by atoms with van der Waals surface area (Å²) in [5.74, 6) is -2.72. The lowest BCUT2D eigenvalue weighted by molar-refractivity contribution is -0.192. The van der Waals surface area contributed by atoms with Crippen LogP contribution in [0.2, 0.25) is 0 Å². The fourth-order valence-corrected chi connectivity index (χ4v) is 5.14. The summed E-state index contributed by atoms with van der Waals surface area (Å²) in [6.07, 6.45) is -3.12. The van der Waals surface area contributed by atoms with Crippen molar-refractivity contribution in [3.8, 4) is 0 Å². The molecular weight excluding hydrogens is 447 g/mol. The van der Waals surface area contributed by atoms with Gasteiger partial charge in [-0.2, -0.15) is 17.5 Å². The Morgan fingerprint density at radius 1 is 1.27 bits per heavy atom. The Hall–Kier alpha value is -1.70. The zero-order valence-electron chi connectivity index (χ0n) is 16.5. The molecule has 172 valence electrons. The first kappa shape index (κ1) is 26.3. The van der Waals surface area contributed by atoms with Crippen LogP contribution in [0.25, 0.3) is 0 Å². The molecule has 0 saturated carbocycles. The molecule has 2 N–H and O–H groups in total. The minimum Gasteiger partial charge on any atom is -0.475 e. The summed E-state index contributed by atoms with van der Waals surface area (Å²) in [7, 11) is -3.49. The number of alkyl halides is 3. The number of aliphatic carboxylic acids is 1. The van der Waals surface area contributed by atoms with E-state index in [0.29, 0.717) is 23.8 Å². The van der Waals surface area contributed by atoms with Gasteiger partial charge in [0, 0.05) is 45.7 Å². The van der Waals surface area contributed by atoms with Crippen LogP contribution in [0.3, 0.4) is 0 Å². The molecule has 0 radical (unpaired) electrons. The first-order chi connectivity index (χ1) is 14.0. The van der Waals surface area contributed by atoms with Crippen molar-refractivity contribution >= 4 is 33.2 Å². The molecule has 13 heteroatoms. The zero-order chi connectivity index (χ0) is 22.8. The molecule has 0 aliphatic carbocycles. The van der Waals surface area contributed by atoms with E-state index in [1.807, 2.05) is 11.8 Å². The molecule has 1 saturated heterocycles. The van der Waals surface area contributed by atoms with E-state index in [4.69, 9.17) is 9.90 Å². The van der Waals surface area contributed by atoms with Gasteiger partial charge >= 0.3 is 12.1 Å². The molecule has 0 atom stereocenters. The van der Waals surface area contributed by atoms with E-state index in [0.717, 1.165) is 25.9 Å². The number of nitrogens with one attached hydrogen (secondary N) is 1. The second kappa shape index (κ2) is 12.2. The number of sulfonamides is 1. The van der Waals surface area contributed by atoms with Gasteiger partial charge in [-0.1, -0.05) is 19.4 Å². The number of carboxylic acid groups (broad SMARTS) is 1. The number of carbonyl (C=O) groups excluding carboxylic acids is 1. The number of rotatable bonds is 8. The van der Waals surface area contributed by atoms with Gasteiger partial charge in [-0.05, 0) is 17.9 Å². The molecule has 0 unspecified atom stereocenters. The monoisotopic (exact) mass is 473 g/mol. The van der Waals surface area contributed by atoms with Gasteiger partial charge in [-0.15, -0.1) is 11.3 Å². The Kier molecular flexibility index (Phi) is 10.7. The lowest BCUT2D eigenvalue weighted by Crippen LogP contribution is -2.47. The first-order valence-electron chi connectivity index (χ1n) is 9.32. The molecule has 0 aromatic carbocycles. The third-order valence-electron chi connectivity index (χ3n) is 4.14. The van der Waals surface area contributed by atoms with E-state index < -0.39 is 22.2 Å². The lowest BCUT2D eigenvalue weighted by Gasteiger charge is -2.28. The van der Waals surface area contributed by atoms with Crippen LogP contribution in [0.4, 0.5) is 13.2 Å². The van der Waals surface area contributed by atoms with E-state index in [-0.39, 0.29) is 18.9 Å². The van der Waals surface area contributed by atoms with E-state index in [9.17, 15) is 26.4 Å². The maximum Gasteiger partial charge on any atom is 0.490 e. The van der Waals surface area contributed by atoms with Gasteiger partial charge in [0.15, 0.2) is 0 Å². The van der Waals surface area contributed by atoms with Crippen molar-refractivity contribution in [3.05, 3.63) is 17.5 Å². The number of carboxylic acids is 1. The van der Waals surface area contributed by atoms with Gasteiger partial charge in [0.2, 0.25) is 5.91 Å². The molecule has 0 bridgehead atoms. The molecule has 2 rings (SSSR count). The Bertz CT molecular complexity index is 764. The van der Waals surface area contributed by atoms with Crippen LogP contribution in [0.1, 0.15) is 26.2 Å². The lowest BCUT2D eigenvalue weighted by atomic mass is 10.3. The second-order valence-electron chi connectivity index (χ2n) is 6.37. The highest BCUT2D eigenvalue weighted by molar-refractivity contribution is 7.91. The summed E-state index contributed by atoms with van der Waals surface area (Å²) < 4.78 is 58.9. The van der Waals surface area contributed by atoms with Crippen LogP contribution in [-0.4, -0.2) is 80.1 Å². The largest absolute Gasteiger partial charge is 0.490 e. The smallest absolute Gasteiger partial charge is 0.475 e. The van der Waals surface area contributed by atoms with E-state index in [2.05, 4.69) is 5.32 Å². The summed E-state index contributed by atoms with van der Waals surface area (Å²) in [6.45, 7) is 5.75. The normalized spacial score (nSPS) is 14.9. The van der Waals surface area contributed by atoms with Crippen LogP contribution in [0, 0.1) is 0 Å². The van der Waals surface area contributed by atoms with Gasteiger partial charge in [0.05, 0.1) is 0 Å². The molecule has 30 heavy (non-hydrogen) atoms. The maximum atomic E-state index is 12.7. The van der Waals surface area contributed by atoms with Gasteiger partial charge in [0.1, 0.15) is 4.21 Å². The Morgan fingerprint density at radius 2 is 1.87 bits per heavy atom. The molecular formula is C17H26F3N3O5S2. The van der Waals surface area contributed by atoms with Crippen molar-refractivity contribution in [2.75, 3.05) is 39.3 Å². The van der Waals surface area contributed by atoms with Gasteiger partial charge in [-0.25, -0.2) is 13.2 Å². The Morgan fingerprint density at radius 3 is 2.33 bits per heavy atom. The number of nitrogens with zero attached hydrogens (tertiary/aromatic N) is 2. The average molecular weight is 474 g/mol. The SMILES string of the molecule is CCCCN(CCC(=O)N1CCNCC1)S(=O)(=O)c1cccs1.O=C(O)C(F)(F)F. The number of halogens is 3. The number of piperazine rings is 1. The van der Waals surface area contributed by atoms with E-state index >= 15 is 0 Å². The molecule has 1 aliphatic heterocycles. The Labute approximate surface area is 177 Å². The standard InChI is InChI=1S/C15H25N3O3S2.C2HF3O2/c1-2-3-9-18(23(20,21)15-5-4-13-22-15)10-6-14(19)17-11-7-16-8-12-17;3-2(4,5)1(6)7/h4-5,13,16H,2-3,6-12H2,1H3;(H,6,7). The van der Waals surface area contributed by atoms with Crippen LogP contribution >= 0.6 is 11.3 Å². The average Bonchev–Trinajstić information content (AvgIpc) is 3.24. The third-order valence-corrected chi connectivity index (χ3v) is 7.41. The summed E-state index contributed by atoms with van der Waals surface area (Å²) in [5.41, 5.74) is 0. The van der Waals surface area contributed by atoms with Crippen molar-refractivity contribution < 1.29 is 36.3 Å². The molecule has 1 fully saturated rings. The minimum atomic E-state index is -5.08. The van der Waals surface area contributed by atoms with Crippen molar-refractivity contribution in [1.29, 1.82) is 0 Å². The van der Waals surface area contributed by atoms with Crippen LogP contribution in [0.15, 0.2) is 21.7 Å². The second-order valence-corrected chi connectivity index (χ2v) is 9.49. The predicted molar refractivity (Wildman–Crippen MR) is 106 cm³/mol. The van der Waals surface area contributed by atoms with Crippen molar-refractivity contribution in [2.24, 2.45) is 0 Å². The number of carbonyl (C=O) groups is 2. The van der Waals surface area contributed by atoms with Crippen LogP contribution in [0.5, 0.6) is 0 Å². The molecule has 1 aromatic rings.